The van der Waals surface area contributed by atoms with Crippen molar-refractivity contribution in [3.63, 3.8) is 0 Å². The molecule has 0 aromatic heterocycles. The molecule has 112 valence electrons. The molecule has 0 aromatic carbocycles. The Labute approximate surface area is 117 Å². The van der Waals surface area contributed by atoms with Gasteiger partial charge in [-0.1, -0.05) is 40.0 Å². The van der Waals surface area contributed by atoms with Gasteiger partial charge in [-0.3, -0.25) is 9.59 Å². The van der Waals surface area contributed by atoms with Gasteiger partial charge in [0, 0.05) is 19.0 Å². The van der Waals surface area contributed by atoms with E-state index < -0.39 is 5.97 Å². The SMILES string of the molecule is CCCCC(CC)C(=O)N(CCCC)CCC(=O)O. The maximum Gasteiger partial charge on any atom is 0.305 e. The van der Waals surface area contributed by atoms with Gasteiger partial charge in [0.25, 0.3) is 0 Å². The molecule has 0 spiro atoms. The third-order valence-corrected chi connectivity index (χ3v) is 3.44. The van der Waals surface area contributed by atoms with Gasteiger partial charge < -0.3 is 10.0 Å². The predicted molar refractivity (Wildman–Crippen MR) is 77.0 cm³/mol. The molecule has 0 saturated carbocycles. The summed E-state index contributed by atoms with van der Waals surface area (Å²) >= 11 is 0. The van der Waals surface area contributed by atoms with Crippen LogP contribution in [0.1, 0.15) is 65.7 Å². The van der Waals surface area contributed by atoms with Gasteiger partial charge in [0.05, 0.1) is 6.42 Å². The average Bonchev–Trinajstić information content (AvgIpc) is 2.39. The second-order valence-corrected chi connectivity index (χ2v) is 5.07. The number of rotatable bonds is 11. The Balaban J connectivity index is 4.50. The number of nitrogens with zero attached hydrogens (tertiary/aromatic N) is 1. The second kappa shape index (κ2) is 10.8. The standard InChI is InChI=1S/C15H29NO3/c1-4-7-9-13(6-3)15(19)16(11-8-5-2)12-10-14(17)18/h13H,4-12H2,1-3H3,(H,17,18). The van der Waals surface area contributed by atoms with Crippen LogP contribution in [0.25, 0.3) is 0 Å². The first-order chi connectivity index (χ1) is 9.06. The van der Waals surface area contributed by atoms with E-state index in [0.717, 1.165) is 38.5 Å². The molecule has 0 radical (unpaired) electrons. The van der Waals surface area contributed by atoms with E-state index in [0.29, 0.717) is 13.1 Å². The normalized spacial score (nSPS) is 12.2. The molecule has 0 saturated heterocycles. The third kappa shape index (κ3) is 7.85. The predicted octanol–water partition coefficient (Wildman–Crippen LogP) is 3.31. The number of hydrogen-bond donors (Lipinski definition) is 1. The van der Waals surface area contributed by atoms with Crippen LogP contribution in [0, 0.1) is 5.92 Å². The van der Waals surface area contributed by atoms with Gasteiger partial charge in [-0.25, -0.2) is 0 Å². The van der Waals surface area contributed by atoms with Crippen molar-refractivity contribution in [2.75, 3.05) is 13.1 Å². The first-order valence-electron chi connectivity index (χ1n) is 7.57. The number of carbonyl (C=O) groups excluding carboxylic acids is 1. The molecule has 4 heteroatoms. The largest absolute Gasteiger partial charge is 0.481 e. The van der Waals surface area contributed by atoms with E-state index in [9.17, 15) is 9.59 Å². The molecule has 0 aliphatic heterocycles. The molecule has 1 unspecified atom stereocenters. The van der Waals surface area contributed by atoms with Crippen LogP contribution in [0.5, 0.6) is 0 Å². The molecule has 0 rings (SSSR count). The van der Waals surface area contributed by atoms with Gasteiger partial charge in [-0.15, -0.1) is 0 Å². The van der Waals surface area contributed by atoms with E-state index in [1.54, 1.807) is 4.90 Å². The zero-order valence-corrected chi connectivity index (χ0v) is 12.7. The third-order valence-electron chi connectivity index (χ3n) is 3.44. The van der Waals surface area contributed by atoms with Crippen LogP contribution < -0.4 is 0 Å². The Morgan fingerprint density at radius 2 is 1.68 bits per heavy atom. The van der Waals surface area contributed by atoms with E-state index >= 15 is 0 Å². The van der Waals surface area contributed by atoms with Crippen molar-refractivity contribution in [3.8, 4) is 0 Å². The smallest absolute Gasteiger partial charge is 0.305 e. The van der Waals surface area contributed by atoms with Gasteiger partial charge in [0.2, 0.25) is 5.91 Å². The van der Waals surface area contributed by atoms with Crippen LogP contribution in [-0.4, -0.2) is 35.0 Å². The highest BCUT2D eigenvalue weighted by molar-refractivity contribution is 5.79. The van der Waals surface area contributed by atoms with Gasteiger partial charge in [-0.2, -0.15) is 0 Å². The fourth-order valence-corrected chi connectivity index (χ4v) is 2.12. The van der Waals surface area contributed by atoms with Gasteiger partial charge in [0.15, 0.2) is 0 Å². The minimum atomic E-state index is -0.837. The van der Waals surface area contributed by atoms with Crippen molar-refractivity contribution in [1.29, 1.82) is 0 Å². The first-order valence-corrected chi connectivity index (χ1v) is 7.57. The number of amides is 1. The fourth-order valence-electron chi connectivity index (χ4n) is 2.12. The van der Waals surface area contributed by atoms with Crippen molar-refractivity contribution in [2.24, 2.45) is 5.92 Å². The summed E-state index contributed by atoms with van der Waals surface area (Å²) in [4.78, 5) is 24.9. The molecule has 1 N–H and O–H groups in total. The molecule has 0 aromatic rings. The quantitative estimate of drug-likeness (QED) is 0.627. The average molecular weight is 271 g/mol. The topological polar surface area (TPSA) is 57.6 Å². The number of aliphatic carboxylic acids is 1. The lowest BCUT2D eigenvalue weighted by molar-refractivity contribution is -0.140. The summed E-state index contributed by atoms with van der Waals surface area (Å²) < 4.78 is 0. The highest BCUT2D eigenvalue weighted by atomic mass is 16.4. The molecule has 0 bridgehead atoms. The molecular weight excluding hydrogens is 242 g/mol. The van der Waals surface area contributed by atoms with Crippen molar-refractivity contribution in [3.05, 3.63) is 0 Å². The van der Waals surface area contributed by atoms with E-state index in [-0.39, 0.29) is 18.2 Å². The zero-order chi connectivity index (χ0) is 14.7. The Hall–Kier alpha value is -1.06. The summed E-state index contributed by atoms with van der Waals surface area (Å²) in [6.07, 6.45) is 5.91. The van der Waals surface area contributed by atoms with E-state index in [2.05, 4.69) is 13.8 Å². The Morgan fingerprint density at radius 1 is 1.05 bits per heavy atom. The number of hydrogen-bond acceptors (Lipinski definition) is 2. The van der Waals surface area contributed by atoms with Crippen LogP contribution in [0.15, 0.2) is 0 Å². The van der Waals surface area contributed by atoms with E-state index in [1.165, 1.54) is 0 Å². The molecule has 0 aliphatic rings. The summed E-state index contributed by atoms with van der Waals surface area (Å²) in [5.41, 5.74) is 0. The maximum atomic E-state index is 12.4. The number of carboxylic acids is 1. The van der Waals surface area contributed by atoms with Gasteiger partial charge >= 0.3 is 5.97 Å². The summed E-state index contributed by atoms with van der Waals surface area (Å²) in [5.74, 6) is -0.632. The lowest BCUT2D eigenvalue weighted by atomic mass is 9.97. The fraction of sp³-hybridized carbons (Fsp3) is 0.867. The lowest BCUT2D eigenvalue weighted by Gasteiger charge is -2.26. The van der Waals surface area contributed by atoms with Crippen LogP contribution >= 0.6 is 0 Å². The van der Waals surface area contributed by atoms with Crippen molar-refractivity contribution in [2.45, 2.75) is 65.7 Å². The minimum absolute atomic E-state index is 0.0413. The summed E-state index contributed by atoms with van der Waals surface area (Å²) in [6, 6.07) is 0. The number of carboxylic acid groups (broad SMARTS) is 1. The lowest BCUT2D eigenvalue weighted by Crippen LogP contribution is -2.38. The molecule has 0 fully saturated rings. The summed E-state index contributed by atoms with van der Waals surface area (Å²) in [7, 11) is 0. The maximum absolute atomic E-state index is 12.4. The molecule has 1 amide bonds. The molecule has 1 atom stereocenters. The molecular formula is C15H29NO3. The molecule has 4 nitrogen and oxygen atoms in total. The zero-order valence-electron chi connectivity index (χ0n) is 12.7. The van der Waals surface area contributed by atoms with Crippen LogP contribution in [0.2, 0.25) is 0 Å². The monoisotopic (exact) mass is 271 g/mol. The van der Waals surface area contributed by atoms with Gasteiger partial charge in [-0.05, 0) is 19.3 Å². The molecule has 0 heterocycles. The highest BCUT2D eigenvalue weighted by Gasteiger charge is 2.22. The van der Waals surface area contributed by atoms with E-state index in [1.807, 2.05) is 6.92 Å². The van der Waals surface area contributed by atoms with Crippen molar-refractivity contribution < 1.29 is 14.7 Å². The van der Waals surface area contributed by atoms with Crippen molar-refractivity contribution in [1.82, 2.24) is 4.90 Å². The van der Waals surface area contributed by atoms with E-state index in [4.69, 9.17) is 5.11 Å². The number of unbranched alkanes of at least 4 members (excludes halogenated alkanes) is 2. The number of carbonyl (C=O) groups is 2. The summed E-state index contributed by atoms with van der Waals surface area (Å²) in [5, 5.41) is 8.77. The summed E-state index contributed by atoms with van der Waals surface area (Å²) in [6.45, 7) is 7.26. The van der Waals surface area contributed by atoms with Gasteiger partial charge in [0.1, 0.15) is 0 Å². The molecule has 19 heavy (non-hydrogen) atoms. The Kier molecular flexibility index (Phi) is 10.2. The Bertz CT molecular complexity index is 266. The van der Waals surface area contributed by atoms with Crippen molar-refractivity contribution >= 4 is 11.9 Å². The Morgan fingerprint density at radius 3 is 2.16 bits per heavy atom. The second-order valence-electron chi connectivity index (χ2n) is 5.07. The highest BCUT2D eigenvalue weighted by Crippen LogP contribution is 2.16. The first kappa shape index (κ1) is 17.9. The van der Waals surface area contributed by atoms with Crippen LogP contribution in [0.3, 0.4) is 0 Å². The van der Waals surface area contributed by atoms with Crippen LogP contribution in [0.4, 0.5) is 0 Å². The van der Waals surface area contributed by atoms with Crippen LogP contribution in [-0.2, 0) is 9.59 Å². The minimum Gasteiger partial charge on any atom is -0.481 e. The molecule has 0 aliphatic carbocycles.